The van der Waals surface area contributed by atoms with Gasteiger partial charge >= 0.3 is 6.01 Å². The van der Waals surface area contributed by atoms with E-state index in [2.05, 4.69) is 22.5 Å². The van der Waals surface area contributed by atoms with Crippen LogP contribution in [-0.2, 0) is 0 Å². The number of thiophene rings is 1. The van der Waals surface area contributed by atoms with Crippen molar-refractivity contribution in [2.45, 2.75) is 43.7 Å². The molecule has 3 aliphatic rings. The maximum absolute atomic E-state index is 17.0. The number of nitriles is 2. The van der Waals surface area contributed by atoms with Crippen LogP contribution in [-0.4, -0.2) is 59.8 Å². The van der Waals surface area contributed by atoms with Crippen LogP contribution in [0.15, 0.2) is 24.3 Å². The number of anilines is 2. The van der Waals surface area contributed by atoms with Gasteiger partial charge in [0.2, 0.25) is 0 Å². The average Bonchev–Trinajstić information content (AvgIpc) is 3.66. The quantitative estimate of drug-likeness (QED) is 0.239. The van der Waals surface area contributed by atoms with E-state index in [1.54, 1.807) is 7.05 Å². The van der Waals surface area contributed by atoms with Crippen molar-refractivity contribution in [2.75, 3.05) is 44.0 Å². The molecule has 3 aliphatic heterocycles. The fourth-order valence-corrected chi connectivity index (χ4v) is 8.37. The summed E-state index contributed by atoms with van der Waals surface area (Å²) in [5.41, 5.74) is 7.01. The minimum atomic E-state index is -0.807. The normalized spacial score (nSPS) is 21.3. The summed E-state index contributed by atoms with van der Waals surface area (Å²) >= 11 is 7.88. The number of fused-ring (bicyclic) bond motifs is 2. The summed E-state index contributed by atoms with van der Waals surface area (Å²) in [5.74, 6) is -0.928. The maximum Gasteiger partial charge on any atom is 0.319 e. The molecule has 230 valence electrons. The first kappa shape index (κ1) is 29.5. The number of nitrogens with two attached hydrogens (primary N) is 1. The third kappa shape index (κ3) is 4.54. The predicted molar refractivity (Wildman–Crippen MR) is 170 cm³/mol. The molecule has 0 aliphatic carbocycles. The van der Waals surface area contributed by atoms with Gasteiger partial charge in [0.1, 0.15) is 34.8 Å². The van der Waals surface area contributed by atoms with Gasteiger partial charge in [0, 0.05) is 37.0 Å². The topological polar surface area (TPSA) is 124 Å². The fraction of sp³-hybridized carbons (Fsp3) is 0.375. The summed E-state index contributed by atoms with van der Waals surface area (Å²) in [7, 11) is 1.79. The summed E-state index contributed by atoms with van der Waals surface area (Å²) in [6.07, 6.45) is 3.44. The molecule has 0 saturated carbocycles. The van der Waals surface area contributed by atoms with E-state index < -0.39 is 11.6 Å². The first-order valence-electron chi connectivity index (χ1n) is 14.6. The molecule has 5 heterocycles. The van der Waals surface area contributed by atoms with Crippen molar-refractivity contribution >= 4 is 54.7 Å². The van der Waals surface area contributed by atoms with E-state index >= 15 is 4.39 Å². The highest BCUT2D eigenvalue weighted by Gasteiger charge is 2.46. The number of nitrogen functional groups attached to an aromatic ring is 1. The maximum atomic E-state index is 17.0. The van der Waals surface area contributed by atoms with Gasteiger partial charge < -0.3 is 20.1 Å². The molecule has 13 heteroatoms. The molecule has 7 rings (SSSR count). The van der Waals surface area contributed by atoms with Crippen molar-refractivity contribution in [2.24, 2.45) is 0 Å². The third-order valence-corrected chi connectivity index (χ3v) is 10.6. The lowest BCUT2D eigenvalue weighted by Crippen LogP contribution is -2.43. The van der Waals surface area contributed by atoms with Gasteiger partial charge in [0.15, 0.2) is 11.6 Å². The monoisotopic (exact) mass is 647 g/mol. The van der Waals surface area contributed by atoms with Gasteiger partial charge in [-0.1, -0.05) is 29.8 Å². The molecule has 2 fully saturated rings. The Morgan fingerprint density at radius 3 is 2.89 bits per heavy atom. The lowest BCUT2D eigenvalue weighted by atomic mass is 9.94. The highest BCUT2D eigenvalue weighted by atomic mass is 35.5. The van der Waals surface area contributed by atoms with E-state index in [0.29, 0.717) is 18.8 Å². The van der Waals surface area contributed by atoms with Crippen molar-refractivity contribution in [3.63, 3.8) is 0 Å². The molecule has 45 heavy (non-hydrogen) atoms. The number of nitrogens with zero attached hydrogens (tertiary/aromatic N) is 6. The Morgan fingerprint density at radius 2 is 2.11 bits per heavy atom. The average molecular weight is 648 g/mol. The molecule has 0 spiro atoms. The SMILES string of the molecule is C=C1CN2CCC[C@@]2(COc2nc3c4c(c(Cl)c(-c5ccc(F)c6sc(N)c(C#N)c56)c(F)c4n2)OCCC(CC#N)N3C)C1. The Bertz CT molecular complexity index is 2000. The third-order valence-electron chi connectivity index (χ3n) is 9.25. The zero-order chi connectivity index (χ0) is 31.6. The molecule has 0 bridgehead atoms. The molecule has 0 radical (unpaired) electrons. The Labute approximate surface area is 267 Å². The number of rotatable bonds is 5. The zero-order valence-electron chi connectivity index (χ0n) is 24.4. The zero-order valence-corrected chi connectivity index (χ0v) is 26.0. The minimum Gasteiger partial charge on any atom is -0.491 e. The number of benzene rings is 2. The van der Waals surface area contributed by atoms with E-state index in [4.69, 9.17) is 31.8 Å². The van der Waals surface area contributed by atoms with Gasteiger partial charge in [-0.3, -0.25) is 4.90 Å². The Kier molecular flexibility index (Phi) is 7.20. The molecule has 2 N–H and O–H groups in total. The van der Waals surface area contributed by atoms with Crippen LogP contribution in [0.1, 0.15) is 37.7 Å². The van der Waals surface area contributed by atoms with Crippen molar-refractivity contribution in [3.8, 4) is 35.0 Å². The van der Waals surface area contributed by atoms with Crippen molar-refractivity contribution in [1.29, 1.82) is 10.5 Å². The summed E-state index contributed by atoms with van der Waals surface area (Å²) in [6.45, 7) is 6.43. The number of halogens is 3. The molecular formula is C32H28ClF2N7O2S. The Morgan fingerprint density at radius 1 is 1.29 bits per heavy atom. The van der Waals surface area contributed by atoms with Crippen LogP contribution in [0.3, 0.4) is 0 Å². The van der Waals surface area contributed by atoms with Crippen molar-refractivity contribution in [3.05, 3.63) is 46.5 Å². The lowest BCUT2D eigenvalue weighted by Gasteiger charge is -2.33. The molecule has 2 aromatic heterocycles. The smallest absolute Gasteiger partial charge is 0.319 e. The summed E-state index contributed by atoms with van der Waals surface area (Å²) in [6, 6.07) is 6.51. The highest BCUT2D eigenvalue weighted by molar-refractivity contribution is 7.23. The summed E-state index contributed by atoms with van der Waals surface area (Å²) in [5, 5.41) is 19.9. The minimum absolute atomic E-state index is 0.0285. The van der Waals surface area contributed by atoms with Gasteiger partial charge in [-0.25, -0.2) is 8.78 Å². The molecule has 0 amide bonds. The number of hydrogen-bond donors (Lipinski definition) is 1. The van der Waals surface area contributed by atoms with E-state index in [1.165, 1.54) is 12.1 Å². The van der Waals surface area contributed by atoms with Crippen LogP contribution in [0.25, 0.3) is 32.1 Å². The molecule has 2 saturated heterocycles. The fourth-order valence-electron chi connectivity index (χ4n) is 7.09. The van der Waals surface area contributed by atoms with Gasteiger partial charge in [0.25, 0.3) is 0 Å². The largest absolute Gasteiger partial charge is 0.491 e. The first-order valence-corrected chi connectivity index (χ1v) is 15.8. The molecule has 2 atom stereocenters. The number of aromatic nitrogens is 2. The second-order valence-electron chi connectivity index (χ2n) is 11.9. The molecule has 2 aromatic carbocycles. The van der Waals surface area contributed by atoms with Crippen LogP contribution in [0.2, 0.25) is 5.02 Å². The van der Waals surface area contributed by atoms with Crippen molar-refractivity contribution < 1.29 is 18.3 Å². The van der Waals surface area contributed by atoms with Gasteiger partial charge in [-0.15, -0.1) is 11.3 Å². The van der Waals surface area contributed by atoms with Gasteiger partial charge in [0.05, 0.1) is 45.3 Å². The molecule has 4 aromatic rings. The Balaban J connectivity index is 1.46. The van der Waals surface area contributed by atoms with Crippen LogP contribution in [0.4, 0.5) is 19.6 Å². The second-order valence-corrected chi connectivity index (χ2v) is 13.3. The molecule has 9 nitrogen and oxygen atoms in total. The van der Waals surface area contributed by atoms with Crippen molar-refractivity contribution in [1.82, 2.24) is 14.9 Å². The van der Waals surface area contributed by atoms with Crippen LogP contribution >= 0.6 is 22.9 Å². The van der Waals surface area contributed by atoms with Gasteiger partial charge in [-0.2, -0.15) is 20.5 Å². The summed E-state index contributed by atoms with van der Waals surface area (Å²) in [4.78, 5) is 13.5. The molecular weight excluding hydrogens is 620 g/mol. The molecule has 1 unspecified atom stereocenters. The van der Waals surface area contributed by atoms with Crippen LogP contribution in [0, 0.1) is 34.3 Å². The standard InChI is InChI=1S/C32H28ClF2N7O2S/c1-16-12-32(8-3-10-42(32)14-16)15-44-31-39-26-23-27(43-11-7-17(6-9-36)41(2)30(23)40-31)24(33)22(25(26)35)18-4-5-20(34)28-21(18)19(13-37)29(38)45-28/h4-5,17H,1,3,6-8,10-12,14-15,38H2,2H3/t17?,32-/m0/s1. The van der Waals surface area contributed by atoms with E-state index in [1.807, 2.05) is 11.0 Å². The predicted octanol–water partition coefficient (Wildman–Crippen LogP) is 6.57. The lowest BCUT2D eigenvalue weighted by molar-refractivity contribution is 0.108. The van der Waals surface area contributed by atoms with E-state index in [-0.39, 0.29) is 84.1 Å². The first-order chi connectivity index (χ1) is 21.7. The summed E-state index contributed by atoms with van der Waals surface area (Å²) < 4.78 is 44.5. The number of ether oxygens (including phenoxy) is 2. The van der Waals surface area contributed by atoms with Crippen LogP contribution in [0.5, 0.6) is 11.8 Å². The Hall–Kier alpha value is -4.23. The van der Waals surface area contributed by atoms with Crippen LogP contribution < -0.4 is 20.1 Å². The number of hydrogen-bond acceptors (Lipinski definition) is 10. The van der Waals surface area contributed by atoms with E-state index in [9.17, 15) is 14.9 Å². The van der Waals surface area contributed by atoms with E-state index in [0.717, 1.165) is 49.3 Å². The second kappa shape index (κ2) is 11.0. The highest BCUT2D eigenvalue weighted by Crippen LogP contribution is 2.51. The van der Waals surface area contributed by atoms with Gasteiger partial charge in [-0.05, 0) is 37.4 Å².